The van der Waals surface area contributed by atoms with Crippen LogP contribution in [-0.2, 0) is 13.5 Å². The van der Waals surface area contributed by atoms with Gasteiger partial charge in [0.05, 0.1) is 6.20 Å². The number of aromatic nitrogens is 2. The van der Waals surface area contributed by atoms with Crippen molar-refractivity contribution in [3.63, 3.8) is 0 Å². The van der Waals surface area contributed by atoms with Crippen LogP contribution >= 0.6 is 0 Å². The average molecular weight is 109 g/mol. The third kappa shape index (κ3) is 0.735. The van der Waals surface area contributed by atoms with Gasteiger partial charge in [0.25, 0.3) is 0 Å². The maximum Gasteiger partial charge on any atom is 0.0572 e. The van der Waals surface area contributed by atoms with Gasteiger partial charge in [-0.3, -0.25) is 4.68 Å². The Balaban J connectivity index is 2.92. The van der Waals surface area contributed by atoms with Crippen LogP contribution in [-0.4, -0.2) is 9.78 Å². The lowest BCUT2D eigenvalue weighted by Crippen LogP contribution is -1.94. The molecule has 8 heavy (non-hydrogen) atoms. The number of aryl methyl sites for hydroxylation is 2. The van der Waals surface area contributed by atoms with Gasteiger partial charge in [0.15, 0.2) is 0 Å². The molecule has 0 unspecified atom stereocenters. The first kappa shape index (κ1) is 5.35. The van der Waals surface area contributed by atoms with Crippen LogP contribution in [0.25, 0.3) is 0 Å². The van der Waals surface area contributed by atoms with Crippen LogP contribution in [0.1, 0.15) is 12.6 Å². The molecule has 0 aliphatic carbocycles. The molecule has 0 aromatic carbocycles. The van der Waals surface area contributed by atoms with E-state index in [0.717, 1.165) is 12.1 Å². The van der Waals surface area contributed by atoms with Gasteiger partial charge in [-0.1, -0.05) is 6.92 Å². The van der Waals surface area contributed by atoms with E-state index >= 15 is 0 Å². The van der Waals surface area contributed by atoms with E-state index in [1.54, 1.807) is 6.20 Å². The highest BCUT2D eigenvalue weighted by Gasteiger charge is 1.90. The molecule has 0 saturated heterocycles. The van der Waals surface area contributed by atoms with E-state index in [9.17, 15) is 0 Å². The van der Waals surface area contributed by atoms with Gasteiger partial charge in [-0.15, -0.1) is 0 Å². The first-order valence-corrected chi connectivity index (χ1v) is 2.73. The van der Waals surface area contributed by atoms with Crippen LogP contribution in [0.3, 0.4) is 0 Å². The zero-order valence-corrected chi connectivity index (χ0v) is 5.18. The number of hydrogen-bond acceptors (Lipinski definition) is 1. The Morgan fingerprint density at radius 2 is 2.62 bits per heavy atom. The number of nitrogens with zero attached hydrogens (tertiary/aromatic N) is 2. The SMILES string of the molecule is CCc1[c]cnn1C. The molecule has 1 radical (unpaired) electrons. The van der Waals surface area contributed by atoms with Gasteiger partial charge in [-0.2, -0.15) is 5.10 Å². The molecule has 2 heteroatoms. The van der Waals surface area contributed by atoms with Crippen LogP contribution < -0.4 is 0 Å². The van der Waals surface area contributed by atoms with Gasteiger partial charge in [-0.05, 0) is 6.42 Å². The predicted molar refractivity (Wildman–Crippen MR) is 31.4 cm³/mol. The Labute approximate surface area is 49.1 Å². The molecule has 0 bridgehead atoms. The van der Waals surface area contributed by atoms with Crippen molar-refractivity contribution in [2.45, 2.75) is 13.3 Å². The first-order valence-electron chi connectivity index (χ1n) is 2.73. The van der Waals surface area contributed by atoms with Crippen LogP contribution in [0.2, 0.25) is 0 Å². The van der Waals surface area contributed by atoms with Crippen molar-refractivity contribution in [3.05, 3.63) is 18.0 Å². The molecule has 1 aromatic rings. The highest BCUT2D eigenvalue weighted by Crippen LogP contribution is 1.93. The molecule has 0 saturated carbocycles. The minimum absolute atomic E-state index is 1.01. The largest absolute Gasteiger partial charge is 0.272 e. The Morgan fingerprint density at radius 3 is 2.88 bits per heavy atom. The van der Waals surface area contributed by atoms with Gasteiger partial charge in [0.1, 0.15) is 0 Å². The van der Waals surface area contributed by atoms with Crippen LogP contribution in [0.15, 0.2) is 6.20 Å². The summed E-state index contributed by atoms with van der Waals surface area (Å²) >= 11 is 0. The molecule has 1 aromatic heterocycles. The van der Waals surface area contributed by atoms with Crippen molar-refractivity contribution in [2.24, 2.45) is 7.05 Å². The lowest BCUT2D eigenvalue weighted by Gasteiger charge is -1.92. The first-order chi connectivity index (χ1) is 3.84. The molecule has 0 spiro atoms. The molecular weight excluding hydrogens is 100 g/mol. The molecule has 0 aliphatic rings. The fourth-order valence-corrected chi connectivity index (χ4v) is 0.684. The average Bonchev–Trinajstić information content (AvgIpc) is 2.14. The minimum atomic E-state index is 1.01. The Hall–Kier alpha value is -0.790. The molecule has 1 rings (SSSR count). The summed E-state index contributed by atoms with van der Waals surface area (Å²) in [4.78, 5) is 0. The van der Waals surface area contributed by atoms with Gasteiger partial charge in [0.2, 0.25) is 0 Å². The van der Waals surface area contributed by atoms with E-state index < -0.39 is 0 Å². The number of hydrogen-bond donors (Lipinski definition) is 0. The molecular formula is C6H9N2. The maximum absolute atomic E-state index is 3.95. The van der Waals surface area contributed by atoms with Gasteiger partial charge >= 0.3 is 0 Å². The van der Waals surface area contributed by atoms with Crippen LogP contribution in [0, 0.1) is 6.07 Å². The van der Waals surface area contributed by atoms with E-state index in [-0.39, 0.29) is 0 Å². The van der Waals surface area contributed by atoms with Gasteiger partial charge in [0, 0.05) is 18.8 Å². The molecule has 1 heterocycles. The second-order valence-electron chi connectivity index (χ2n) is 1.71. The standard InChI is InChI=1S/C6H9N2/c1-3-6-4-5-7-8(6)2/h5H,3H2,1-2H3. The Bertz CT molecular complexity index is 167. The van der Waals surface area contributed by atoms with Gasteiger partial charge < -0.3 is 0 Å². The zero-order valence-electron chi connectivity index (χ0n) is 5.18. The van der Waals surface area contributed by atoms with Crippen LogP contribution in [0.4, 0.5) is 0 Å². The third-order valence-corrected chi connectivity index (χ3v) is 1.19. The van der Waals surface area contributed by atoms with E-state index in [4.69, 9.17) is 0 Å². The molecule has 0 amide bonds. The predicted octanol–water partition coefficient (Wildman–Crippen LogP) is 0.783. The van der Waals surface area contributed by atoms with Crippen molar-refractivity contribution >= 4 is 0 Å². The van der Waals surface area contributed by atoms with E-state index in [0.29, 0.717) is 0 Å². The quantitative estimate of drug-likeness (QED) is 0.521. The highest BCUT2D eigenvalue weighted by molar-refractivity contribution is 4.95. The normalized spacial score (nSPS) is 9.75. The Morgan fingerprint density at radius 1 is 1.88 bits per heavy atom. The van der Waals surface area contributed by atoms with Crippen molar-refractivity contribution in [3.8, 4) is 0 Å². The molecule has 0 fully saturated rings. The Kier molecular flexibility index (Phi) is 1.33. The summed E-state index contributed by atoms with van der Waals surface area (Å²) in [5.41, 5.74) is 1.16. The minimum Gasteiger partial charge on any atom is -0.272 e. The van der Waals surface area contributed by atoms with Crippen LogP contribution in [0.5, 0.6) is 0 Å². The summed E-state index contributed by atoms with van der Waals surface area (Å²) in [7, 11) is 1.93. The summed E-state index contributed by atoms with van der Waals surface area (Å²) in [6.45, 7) is 2.09. The second-order valence-corrected chi connectivity index (χ2v) is 1.71. The number of rotatable bonds is 1. The lowest BCUT2D eigenvalue weighted by atomic mass is 10.3. The topological polar surface area (TPSA) is 17.8 Å². The summed E-state index contributed by atoms with van der Waals surface area (Å²) in [5.74, 6) is 0. The molecule has 0 N–H and O–H groups in total. The second kappa shape index (κ2) is 1.99. The summed E-state index contributed by atoms with van der Waals surface area (Å²) in [6.07, 6.45) is 2.70. The highest BCUT2D eigenvalue weighted by atomic mass is 15.2. The summed E-state index contributed by atoms with van der Waals surface area (Å²) < 4.78 is 1.83. The fraction of sp³-hybridized carbons (Fsp3) is 0.500. The monoisotopic (exact) mass is 109 g/mol. The van der Waals surface area contributed by atoms with Crippen molar-refractivity contribution in [1.29, 1.82) is 0 Å². The van der Waals surface area contributed by atoms with E-state index in [2.05, 4.69) is 18.1 Å². The van der Waals surface area contributed by atoms with E-state index in [1.165, 1.54) is 0 Å². The van der Waals surface area contributed by atoms with Crippen molar-refractivity contribution in [2.75, 3.05) is 0 Å². The molecule has 43 valence electrons. The van der Waals surface area contributed by atoms with Crippen molar-refractivity contribution in [1.82, 2.24) is 9.78 Å². The smallest absolute Gasteiger partial charge is 0.0572 e. The summed E-state index contributed by atoms with van der Waals surface area (Å²) in [6, 6.07) is 3.01. The van der Waals surface area contributed by atoms with Gasteiger partial charge in [-0.25, -0.2) is 0 Å². The lowest BCUT2D eigenvalue weighted by molar-refractivity contribution is 0.718. The molecule has 0 atom stereocenters. The van der Waals surface area contributed by atoms with E-state index in [1.807, 2.05) is 11.7 Å². The third-order valence-electron chi connectivity index (χ3n) is 1.19. The molecule has 2 nitrogen and oxygen atoms in total. The summed E-state index contributed by atoms with van der Waals surface area (Å²) in [5, 5.41) is 3.95. The molecule has 0 aliphatic heterocycles. The maximum atomic E-state index is 3.95. The fourth-order valence-electron chi connectivity index (χ4n) is 0.684. The zero-order chi connectivity index (χ0) is 5.98. The van der Waals surface area contributed by atoms with Crippen molar-refractivity contribution < 1.29 is 0 Å².